The van der Waals surface area contributed by atoms with Crippen LogP contribution in [0.1, 0.15) is 11.5 Å². The van der Waals surface area contributed by atoms with E-state index in [2.05, 4.69) is 0 Å². The van der Waals surface area contributed by atoms with Gasteiger partial charge in [0.2, 0.25) is 0 Å². The molecule has 0 radical (unpaired) electrons. The van der Waals surface area contributed by atoms with Gasteiger partial charge in [0.25, 0.3) is 0 Å². The minimum Gasteiger partial charge on any atom is -0.394 e. The molecule has 0 heterocycles. The Morgan fingerprint density at radius 1 is 1.00 bits per heavy atom. The molecule has 1 saturated carbocycles. The zero-order valence-corrected chi connectivity index (χ0v) is 14.3. The fraction of sp³-hybridized carbons (Fsp3) is 0.250. The Hall–Kier alpha value is -1.11. The van der Waals surface area contributed by atoms with Gasteiger partial charge in [-0.1, -0.05) is 35.3 Å². The molecule has 0 aromatic heterocycles. The summed E-state index contributed by atoms with van der Waals surface area (Å²) < 4.78 is 25.7. The van der Waals surface area contributed by atoms with Gasteiger partial charge in [0.15, 0.2) is 9.84 Å². The molecule has 1 aliphatic rings. The normalized spacial score (nSPS) is 27.0. The van der Waals surface area contributed by atoms with Gasteiger partial charge in [0.05, 0.1) is 22.3 Å². The first-order valence-electron chi connectivity index (χ1n) is 6.95. The number of benzene rings is 2. The Balaban J connectivity index is 2.01. The third-order valence-electron chi connectivity index (χ3n) is 4.28. The van der Waals surface area contributed by atoms with E-state index in [1.807, 2.05) is 0 Å². The Kier molecular flexibility index (Phi) is 4.19. The first-order chi connectivity index (χ1) is 10.8. The van der Waals surface area contributed by atoms with Crippen molar-refractivity contribution in [3.05, 3.63) is 64.1 Å². The van der Waals surface area contributed by atoms with Crippen LogP contribution in [0.3, 0.4) is 0 Å². The van der Waals surface area contributed by atoms with Crippen LogP contribution in [-0.4, -0.2) is 30.9 Å². The lowest BCUT2D eigenvalue weighted by Crippen LogP contribution is -2.35. The summed E-state index contributed by atoms with van der Waals surface area (Å²) in [7, 11) is -3.69. The van der Waals surface area contributed by atoms with Gasteiger partial charge >= 0.3 is 0 Å². The highest BCUT2D eigenvalue weighted by Crippen LogP contribution is 2.55. The van der Waals surface area contributed by atoms with E-state index >= 15 is 0 Å². The van der Waals surface area contributed by atoms with Crippen molar-refractivity contribution in [1.82, 2.24) is 0 Å². The first-order valence-corrected chi connectivity index (χ1v) is 9.25. The van der Waals surface area contributed by atoms with Crippen LogP contribution in [0.25, 0.3) is 0 Å². The molecule has 2 aromatic carbocycles. The number of hydrogen-bond acceptors (Lipinski definition) is 4. The maximum atomic E-state index is 12.9. The van der Waals surface area contributed by atoms with Gasteiger partial charge in [-0.2, -0.15) is 0 Å². The van der Waals surface area contributed by atoms with E-state index in [-0.39, 0.29) is 4.90 Å². The summed E-state index contributed by atoms with van der Waals surface area (Å²) in [6, 6.07) is 12.8. The van der Waals surface area contributed by atoms with E-state index in [0.29, 0.717) is 10.0 Å². The number of hydrogen-bond donors (Lipinski definition) is 2. The first kappa shape index (κ1) is 16.7. The molecular weight excluding hydrogens is 357 g/mol. The van der Waals surface area contributed by atoms with Crippen LogP contribution in [0, 0.1) is 0 Å². The molecule has 0 spiro atoms. The molecule has 2 aromatic rings. The van der Waals surface area contributed by atoms with Crippen LogP contribution in [0.2, 0.25) is 10.0 Å². The van der Waals surface area contributed by atoms with E-state index in [1.54, 1.807) is 24.3 Å². The Morgan fingerprint density at radius 3 is 1.96 bits per heavy atom. The molecule has 1 fully saturated rings. The average Bonchev–Trinajstić information content (AvgIpc) is 3.16. The molecule has 1 aliphatic carbocycles. The van der Waals surface area contributed by atoms with Crippen LogP contribution < -0.4 is 5.73 Å². The van der Waals surface area contributed by atoms with Gasteiger partial charge in [-0.25, -0.2) is 8.42 Å². The summed E-state index contributed by atoms with van der Waals surface area (Å²) in [6.07, 6.45) is 0. The van der Waals surface area contributed by atoms with Crippen molar-refractivity contribution in [1.29, 1.82) is 0 Å². The van der Waals surface area contributed by atoms with Crippen LogP contribution in [0.4, 0.5) is 0 Å². The van der Waals surface area contributed by atoms with E-state index < -0.39 is 33.2 Å². The van der Waals surface area contributed by atoms with Gasteiger partial charge < -0.3 is 10.8 Å². The van der Waals surface area contributed by atoms with Crippen LogP contribution in [0.15, 0.2) is 53.4 Å². The average molecular weight is 372 g/mol. The molecule has 0 aliphatic heterocycles. The lowest BCUT2D eigenvalue weighted by atomic mass is 10.1. The predicted molar refractivity (Wildman–Crippen MR) is 90.6 cm³/mol. The molecule has 3 atom stereocenters. The Bertz CT molecular complexity index is 821. The van der Waals surface area contributed by atoms with Crippen LogP contribution in [0.5, 0.6) is 0 Å². The maximum absolute atomic E-state index is 12.9. The van der Waals surface area contributed by atoms with E-state index in [0.717, 1.165) is 5.56 Å². The lowest BCUT2D eigenvalue weighted by molar-refractivity contribution is 0.253. The Morgan fingerprint density at radius 2 is 1.48 bits per heavy atom. The second-order valence-corrected chi connectivity index (χ2v) is 8.66. The number of rotatable bonds is 4. The van der Waals surface area contributed by atoms with Crippen molar-refractivity contribution in [2.24, 2.45) is 5.73 Å². The molecule has 0 saturated heterocycles. The molecule has 3 rings (SSSR count). The van der Waals surface area contributed by atoms with E-state index in [1.165, 1.54) is 24.3 Å². The van der Waals surface area contributed by atoms with Gasteiger partial charge in [-0.05, 0) is 42.0 Å². The Labute approximate surface area is 144 Å². The molecule has 0 bridgehead atoms. The van der Waals surface area contributed by atoms with Gasteiger partial charge in [0, 0.05) is 16.0 Å². The van der Waals surface area contributed by atoms with E-state index in [4.69, 9.17) is 28.9 Å². The van der Waals surface area contributed by atoms with Crippen LogP contribution >= 0.6 is 23.2 Å². The molecule has 4 nitrogen and oxygen atoms in total. The molecule has 23 heavy (non-hydrogen) atoms. The summed E-state index contributed by atoms with van der Waals surface area (Å²) in [5.74, 6) is -0.481. The van der Waals surface area contributed by atoms with Gasteiger partial charge in [-0.15, -0.1) is 0 Å². The molecular formula is C16H15Cl2NO3S. The standard InChI is InChI=1S/C16H15Cl2NO3S/c17-11-3-1-10(2-4-11)14-15(16(14,19)9-20)23(21,22)13-7-5-12(18)6-8-13/h1-8,14-15,20H,9,19H2/t14-,15+,16-/m1/s1. The summed E-state index contributed by atoms with van der Waals surface area (Å²) in [5.41, 5.74) is 5.71. The topological polar surface area (TPSA) is 80.4 Å². The summed E-state index contributed by atoms with van der Waals surface area (Å²) >= 11 is 11.7. The predicted octanol–water partition coefficient (Wildman–Crippen LogP) is 2.62. The molecule has 3 N–H and O–H groups in total. The highest BCUT2D eigenvalue weighted by atomic mass is 35.5. The van der Waals surface area contributed by atoms with Crippen LogP contribution in [-0.2, 0) is 9.84 Å². The molecule has 0 amide bonds. The van der Waals surface area contributed by atoms with Crippen molar-refractivity contribution in [3.8, 4) is 0 Å². The minimum atomic E-state index is -3.69. The number of sulfone groups is 1. The zero-order chi connectivity index (χ0) is 16.8. The van der Waals surface area contributed by atoms with E-state index in [9.17, 15) is 13.5 Å². The fourth-order valence-electron chi connectivity index (χ4n) is 3.01. The molecule has 122 valence electrons. The quantitative estimate of drug-likeness (QED) is 0.865. The number of halogens is 2. The third-order valence-corrected chi connectivity index (χ3v) is 7.09. The highest BCUT2D eigenvalue weighted by Gasteiger charge is 2.69. The van der Waals surface area contributed by atoms with Crippen molar-refractivity contribution in [2.75, 3.05) is 6.61 Å². The van der Waals surface area contributed by atoms with Crippen molar-refractivity contribution < 1.29 is 13.5 Å². The van der Waals surface area contributed by atoms with Crippen molar-refractivity contribution >= 4 is 33.0 Å². The third kappa shape index (κ3) is 2.77. The number of aliphatic hydroxyl groups excluding tert-OH is 1. The second kappa shape index (κ2) is 5.76. The SMILES string of the molecule is N[C@]1(CO)[C@H](c2ccc(Cl)cc2)[C@@H]1S(=O)(=O)c1ccc(Cl)cc1. The monoisotopic (exact) mass is 371 g/mol. The smallest absolute Gasteiger partial charge is 0.183 e. The maximum Gasteiger partial charge on any atom is 0.183 e. The lowest BCUT2D eigenvalue weighted by Gasteiger charge is -2.08. The molecule has 0 unspecified atom stereocenters. The highest BCUT2D eigenvalue weighted by molar-refractivity contribution is 7.92. The summed E-state index contributed by atoms with van der Waals surface area (Å²) in [4.78, 5) is 0.145. The van der Waals surface area contributed by atoms with Gasteiger partial charge in [-0.3, -0.25) is 0 Å². The number of nitrogens with two attached hydrogens (primary N) is 1. The molecule has 7 heteroatoms. The number of aliphatic hydroxyl groups is 1. The fourth-order valence-corrected chi connectivity index (χ4v) is 5.56. The van der Waals surface area contributed by atoms with Crippen molar-refractivity contribution in [2.45, 2.75) is 21.6 Å². The summed E-state index contributed by atoms with van der Waals surface area (Å²) in [6.45, 7) is -0.419. The minimum absolute atomic E-state index is 0.145. The zero-order valence-electron chi connectivity index (χ0n) is 12.0. The second-order valence-electron chi connectivity index (χ2n) is 5.72. The largest absolute Gasteiger partial charge is 0.394 e. The summed E-state index contributed by atoms with van der Waals surface area (Å²) in [5, 5.41) is 9.76. The van der Waals surface area contributed by atoms with Gasteiger partial charge in [0.1, 0.15) is 0 Å². The van der Waals surface area contributed by atoms with Crippen molar-refractivity contribution in [3.63, 3.8) is 0 Å².